The fraction of sp³-hybridized carbons (Fsp3) is 0.435. The lowest BCUT2D eigenvalue weighted by Gasteiger charge is -2.19. The smallest absolute Gasteiger partial charge is 0.348 e. The maximum atomic E-state index is 12.5. The zero-order valence-electron chi connectivity index (χ0n) is 18.4. The van der Waals surface area contributed by atoms with E-state index in [1.807, 2.05) is 6.07 Å². The van der Waals surface area contributed by atoms with Crippen LogP contribution in [-0.2, 0) is 32.4 Å². The van der Waals surface area contributed by atoms with E-state index < -0.39 is 28.5 Å². The zero-order valence-corrected chi connectivity index (χ0v) is 20.1. The standard InChI is InChI=1S/C23H27N3O5S2/c1-2-15-8-9-19-16(11-15)12-20(32-19)23(28)31-14-22(27)25-17-5-3-6-18(13-17)33(29,30)26-21-7-4-10-24-21/h3,5-6,12-13,15H,2,4,7-11,14H2,1H3,(H,24,26)(H,25,27)/t15-/m0/s1. The summed E-state index contributed by atoms with van der Waals surface area (Å²) >= 11 is 1.44. The molecular weight excluding hydrogens is 462 g/mol. The van der Waals surface area contributed by atoms with Crippen LogP contribution >= 0.6 is 11.3 Å². The number of aryl methyl sites for hydroxylation is 1. The minimum Gasteiger partial charge on any atom is -0.451 e. The summed E-state index contributed by atoms with van der Waals surface area (Å²) in [6.07, 6.45) is 5.64. The molecule has 1 aromatic carbocycles. The lowest BCUT2D eigenvalue weighted by Crippen LogP contribution is -2.29. The lowest BCUT2D eigenvalue weighted by atomic mass is 9.87. The highest BCUT2D eigenvalue weighted by atomic mass is 32.2. The van der Waals surface area contributed by atoms with E-state index >= 15 is 0 Å². The Morgan fingerprint density at radius 1 is 1.24 bits per heavy atom. The van der Waals surface area contributed by atoms with Gasteiger partial charge in [-0.1, -0.05) is 19.4 Å². The number of hydrogen-bond donors (Lipinski definition) is 2. The highest BCUT2D eigenvalue weighted by molar-refractivity contribution is 7.90. The topological polar surface area (TPSA) is 114 Å². The normalized spacial score (nSPS) is 17.7. The largest absolute Gasteiger partial charge is 0.451 e. The maximum absolute atomic E-state index is 12.5. The predicted octanol–water partition coefficient (Wildman–Crippen LogP) is 3.53. The highest BCUT2D eigenvalue weighted by Gasteiger charge is 2.23. The molecule has 2 N–H and O–H groups in total. The molecule has 0 spiro atoms. The van der Waals surface area contributed by atoms with Gasteiger partial charge in [0.1, 0.15) is 10.7 Å². The molecule has 2 aromatic rings. The Morgan fingerprint density at radius 2 is 2.09 bits per heavy atom. The summed E-state index contributed by atoms with van der Waals surface area (Å²) < 4.78 is 32.8. The van der Waals surface area contributed by atoms with Gasteiger partial charge >= 0.3 is 5.97 Å². The Balaban J connectivity index is 1.32. The van der Waals surface area contributed by atoms with E-state index in [1.165, 1.54) is 40.0 Å². The number of anilines is 1. The van der Waals surface area contributed by atoms with Crippen molar-refractivity contribution in [1.29, 1.82) is 0 Å². The van der Waals surface area contributed by atoms with Gasteiger partial charge in [0.25, 0.3) is 15.9 Å². The van der Waals surface area contributed by atoms with Gasteiger partial charge < -0.3 is 10.1 Å². The van der Waals surface area contributed by atoms with Crippen LogP contribution in [0.2, 0.25) is 0 Å². The summed E-state index contributed by atoms with van der Waals surface area (Å²) in [5.74, 6) is 0.0355. The highest BCUT2D eigenvalue weighted by Crippen LogP contribution is 2.33. The van der Waals surface area contributed by atoms with E-state index in [1.54, 1.807) is 6.07 Å². The zero-order chi connectivity index (χ0) is 23.4. The van der Waals surface area contributed by atoms with Crippen molar-refractivity contribution in [3.8, 4) is 0 Å². The fourth-order valence-corrected chi connectivity index (χ4v) is 6.26. The summed E-state index contributed by atoms with van der Waals surface area (Å²) in [4.78, 5) is 30.6. The summed E-state index contributed by atoms with van der Waals surface area (Å²) in [6.45, 7) is 2.34. The molecule has 0 saturated carbocycles. The van der Waals surface area contributed by atoms with Gasteiger partial charge in [0.05, 0.1) is 4.90 Å². The van der Waals surface area contributed by atoms with E-state index in [0.29, 0.717) is 35.3 Å². The van der Waals surface area contributed by atoms with Crippen LogP contribution in [0.15, 0.2) is 40.2 Å². The van der Waals surface area contributed by atoms with Gasteiger partial charge in [-0.2, -0.15) is 0 Å². The molecule has 1 aromatic heterocycles. The van der Waals surface area contributed by atoms with Crippen molar-refractivity contribution < 1.29 is 22.7 Å². The quantitative estimate of drug-likeness (QED) is 0.578. The number of benzene rings is 1. The molecule has 4 rings (SSSR count). The Kier molecular flexibility index (Phi) is 7.14. The van der Waals surface area contributed by atoms with Crippen molar-refractivity contribution in [1.82, 2.24) is 4.72 Å². The minimum atomic E-state index is -3.79. The number of fused-ring (bicyclic) bond motifs is 1. The molecule has 176 valence electrons. The number of carbonyl (C=O) groups is 2. The van der Waals surface area contributed by atoms with Crippen molar-refractivity contribution in [3.63, 3.8) is 0 Å². The summed E-state index contributed by atoms with van der Waals surface area (Å²) in [5.41, 5.74) is 1.51. The van der Waals surface area contributed by atoms with Gasteiger partial charge in [-0.25, -0.2) is 13.2 Å². The molecule has 0 unspecified atom stereocenters. The molecule has 33 heavy (non-hydrogen) atoms. The average molecular weight is 490 g/mol. The maximum Gasteiger partial charge on any atom is 0.348 e. The molecular formula is C23H27N3O5S2. The van der Waals surface area contributed by atoms with E-state index in [2.05, 4.69) is 22.0 Å². The van der Waals surface area contributed by atoms with E-state index in [-0.39, 0.29) is 4.90 Å². The number of amides is 1. The number of esters is 1. The first-order valence-corrected chi connectivity index (χ1v) is 13.4. The van der Waals surface area contributed by atoms with E-state index in [9.17, 15) is 18.0 Å². The first-order valence-electron chi connectivity index (χ1n) is 11.1. The molecule has 8 nitrogen and oxygen atoms in total. The molecule has 1 aliphatic carbocycles. The Labute approximate surface area is 197 Å². The van der Waals surface area contributed by atoms with Gasteiger partial charge in [-0.05, 0) is 61.4 Å². The number of sulfonamides is 1. The number of ether oxygens (including phenoxy) is 1. The van der Waals surface area contributed by atoms with Crippen LogP contribution < -0.4 is 10.0 Å². The number of amidine groups is 1. The van der Waals surface area contributed by atoms with Crippen LogP contribution in [0, 0.1) is 5.92 Å². The molecule has 0 fully saturated rings. The number of rotatable bonds is 7. The molecule has 0 saturated heterocycles. The Bertz CT molecular complexity index is 1190. The summed E-state index contributed by atoms with van der Waals surface area (Å²) in [7, 11) is -3.79. The van der Waals surface area contributed by atoms with Gasteiger partial charge in [0.2, 0.25) is 0 Å². The first-order chi connectivity index (χ1) is 15.8. The molecule has 1 amide bonds. The number of hydrogen-bond acceptors (Lipinski definition) is 7. The molecule has 0 radical (unpaired) electrons. The van der Waals surface area contributed by atoms with Crippen LogP contribution in [0.1, 0.15) is 52.7 Å². The molecule has 2 heterocycles. The van der Waals surface area contributed by atoms with Crippen LogP contribution in [-0.4, -0.2) is 39.3 Å². The molecule has 1 atom stereocenters. The molecule has 1 aliphatic heterocycles. The Hall–Kier alpha value is -2.72. The SMILES string of the molecule is CC[C@H]1CCc2sc(C(=O)OCC(=O)Nc3cccc(S(=O)(=O)NC4=NCCC4)c3)cc2C1. The number of carbonyl (C=O) groups excluding carboxylic acids is 2. The first kappa shape index (κ1) is 23.4. The van der Waals surface area contributed by atoms with Crippen molar-refractivity contribution in [3.05, 3.63) is 45.6 Å². The third-order valence-corrected chi connectivity index (χ3v) is 8.45. The fourth-order valence-electron chi connectivity index (χ4n) is 4.03. The van der Waals surface area contributed by atoms with Crippen LogP contribution in [0.25, 0.3) is 0 Å². The average Bonchev–Trinajstić information content (AvgIpc) is 3.46. The van der Waals surface area contributed by atoms with Crippen LogP contribution in [0.4, 0.5) is 5.69 Å². The number of aliphatic imine (C=N–C) groups is 1. The number of nitrogens with one attached hydrogen (secondary N) is 2. The van der Waals surface area contributed by atoms with Gasteiger partial charge in [0, 0.05) is 23.5 Å². The van der Waals surface area contributed by atoms with Gasteiger partial charge in [-0.3, -0.25) is 14.5 Å². The lowest BCUT2D eigenvalue weighted by molar-refractivity contribution is -0.119. The van der Waals surface area contributed by atoms with Crippen molar-refractivity contribution >= 4 is 44.8 Å². The molecule has 10 heteroatoms. The van der Waals surface area contributed by atoms with Gasteiger partial charge in [0.15, 0.2) is 6.61 Å². The van der Waals surface area contributed by atoms with E-state index in [4.69, 9.17) is 4.74 Å². The second kappa shape index (κ2) is 10.0. The van der Waals surface area contributed by atoms with Crippen molar-refractivity contribution in [2.45, 2.75) is 50.3 Å². The second-order valence-corrected chi connectivity index (χ2v) is 11.1. The van der Waals surface area contributed by atoms with Gasteiger partial charge in [-0.15, -0.1) is 11.3 Å². The Morgan fingerprint density at radius 3 is 2.85 bits per heavy atom. The van der Waals surface area contributed by atoms with Crippen molar-refractivity contribution in [2.24, 2.45) is 10.9 Å². The number of thiophene rings is 1. The van der Waals surface area contributed by atoms with Crippen LogP contribution in [0.3, 0.4) is 0 Å². The van der Waals surface area contributed by atoms with Crippen molar-refractivity contribution in [2.75, 3.05) is 18.5 Å². The molecule has 2 aliphatic rings. The molecule has 0 bridgehead atoms. The minimum absolute atomic E-state index is 0.0152. The second-order valence-electron chi connectivity index (χ2n) is 8.27. The van der Waals surface area contributed by atoms with Crippen LogP contribution in [0.5, 0.6) is 0 Å². The third-order valence-electron chi connectivity index (χ3n) is 5.85. The van der Waals surface area contributed by atoms with E-state index in [0.717, 1.165) is 32.1 Å². The summed E-state index contributed by atoms with van der Waals surface area (Å²) in [6, 6.07) is 7.79. The predicted molar refractivity (Wildman–Crippen MR) is 127 cm³/mol. The summed E-state index contributed by atoms with van der Waals surface area (Å²) in [5, 5.41) is 2.58. The third kappa shape index (κ3) is 5.80. The monoisotopic (exact) mass is 489 g/mol. The number of nitrogens with zero attached hydrogens (tertiary/aromatic N) is 1.